The molecular formula is C22H30N4O3. The Hall–Kier alpha value is -2.25. The maximum Gasteiger partial charge on any atom is 0.255 e. The number of hydrogen-bond donors (Lipinski definition) is 3. The van der Waals surface area contributed by atoms with E-state index >= 15 is 0 Å². The summed E-state index contributed by atoms with van der Waals surface area (Å²) < 4.78 is 0. The Morgan fingerprint density at radius 3 is 2.79 bits per heavy atom. The number of piperidine rings is 1. The lowest BCUT2D eigenvalue weighted by atomic mass is 9.73. The number of hydrogen-bond acceptors (Lipinski definition) is 5. The molecule has 0 bridgehead atoms. The van der Waals surface area contributed by atoms with Crippen molar-refractivity contribution in [2.45, 2.75) is 70.1 Å². The van der Waals surface area contributed by atoms with E-state index in [4.69, 9.17) is 5.73 Å². The van der Waals surface area contributed by atoms with E-state index in [0.29, 0.717) is 37.5 Å². The molecule has 2 heterocycles. The van der Waals surface area contributed by atoms with Gasteiger partial charge in [-0.15, -0.1) is 0 Å². The molecule has 3 amide bonds. The molecule has 2 fully saturated rings. The lowest BCUT2D eigenvalue weighted by Crippen LogP contribution is -2.56. The van der Waals surface area contributed by atoms with Gasteiger partial charge in [0.25, 0.3) is 5.91 Å². The van der Waals surface area contributed by atoms with Gasteiger partial charge in [0.1, 0.15) is 6.04 Å². The molecule has 29 heavy (non-hydrogen) atoms. The molecule has 7 nitrogen and oxygen atoms in total. The quantitative estimate of drug-likeness (QED) is 0.651. The molecule has 1 saturated heterocycles. The van der Waals surface area contributed by atoms with Crippen molar-refractivity contribution in [3.05, 3.63) is 34.9 Å². The molecule has 7 heteroatoms. The maximum atomic E-state index is 12.8. The fraction of sp³-hybridized carbons (Fsp3) is 0.591. The second-order valence-electron chi connectivity index (χ2n) is 8.75. The maximum absolute atomic E-state index is 12.8. The van der Waals surface area contributed by atoms with Crippen molar-refractivity contribution in [1.82, 2.24) is 15.5 Å². The highest BCUT2D eigenvalue weighted by molar-refractivity contribution is 6.05. The van der Waals surface area contributed by atoms with E-state index in [1.807, 2.05) is 12.1 Å². The molecule has 0 radical (unpaired) electrons. The third kappa shape index (κ3) is 3.69. The molecule has 2 aliphatic heterocycles. The smallest absolute Gasteiger partial charge is 0.255 e. The Morgan fingerprint density at radius 1 is 1.24 bits per heavy atom. The molecule has 1 aliphatic carbocycles. The second kappa shape index (κ2) is 7.88. The number of benzene rings is 1. The zero-order valence-electron chi connectivity index (χ0n) is 17.0. The number of rotatable bonds is 5. The first-order valence-electron chi connectivity index (χ1n) is 10.6. The first-order valence-corrected chi connectivity index (χ1v) is 10.6. The highest BCUT2D eigenvalue weighted by Gasteiger charge is 2.39. The second-order valence-corrected chi connectivity index (χ2v) is 8.75. The highest BCUT2D eigenvalue weighted by atomic mass is 16.2. The zero-order valence-corrected chi connectivity index (χ0v) is 17.0. The van der Waals surface area contributed by atoms with Crippen molar-refractivity contribution in [2.75, 3.05) is 6.54 Å². The van der Waals surface area contributed by atoms with E-state index in [9.17, 15) is 14.4 Å². The van der Waals surface area contributed by atoms with Crippen LogP contribution in [-0.2, 0) is 22.7 Å². The topological polar surface area (TPSA) is 105 Å². The van der Waals surface area contributed by atoms with Crippen molar-refractivity contribution in [2.24, 2.45) is 11.7 Å². The summed E-state index contributed by atoms with van der Waals surface area (Å²) in [7, 11) is 0. The van der Waals surface area contributed by atoms with E-state index in [1.165, 1.54) is 19.3 Å². The van der Waals surface area contributed by atoms with E-state index in [2.05, 4.69) is 23.6 Å². The van der Waals surface area contributed by atoms with Gasteiger partial charge in [-0.3, -0.25) is 19.7 Å². The summed E-state index contributed by atoms with van der Waals surface area (Å²) in [4.78, 5) is 38.0. The van der Waals surface area contributed by atoms with Crippen molar-refractivity contribution in [1.29, 1.82) is 0 Å². The number of carbonyl (C=O) groups excluding carboxylic acids is 3. The predicted octanol–water partition coefficient (Wildman–Crippen LogP) is 1.44. The Morgan fingerprint density at radius 2 is 2.07 bits per heavy atom. The van der Waals surface area contributed by atoms with E-state index in [0.717, 1.165) is 17.5 Å². The fourth-order valence-corrected chi connectivity index (χ4v) is 5.07. The van der Waals surface area contributed by atoms with E-state index in [1.54, 1.807) is 4.90 Å². The largest absolute Gasteiger partial charge is 0.329 e. The van der Waals surface area contributed by atoms with Gasteiger partial charge in [0.2, 0.25) is 11.8 Å². The lowest BCUT2D eigenvalue weighted by Gasteiger charge is -2.43. The van der Waals surface area contributed by atoms with Crippen LogP contribution in [0, 0.1) is 5.92 Å². The number of nitrogens with two attached hydrogens (primary N) is 1. The van der Waals surface area contributed by atoms with Crippen molar-refractivity contribution in [3.8, 4) is 0 Å². The van der Waals surface area contributed by atoms with Crippen LogP contribution in [-0.4, -0.2) is 40.7 Å². The highest BCUT2D eigenvalue weighted by Crippen LogP contribution is 2.33. The number of nitrogens with zero attached hydrogens (tertiary/aromatic N) is 1. The average Bonchev–Trinajstić information content (AvgIpc) is 3.03. The molecule has 4 rings (SSSR count). The van der Waals surface area contributed by atoms with Gasteiger partial charge in [0.15, 0.2) is 0 Å². The molecule has 156 valence electrons. The monoisotopic (exact) mass is 398 g/mol. The predicted molar refractivity (Wildman–Crippen MR) is 109 cm³/mol. The van der Waals surface area contributed by atoms with Crippen LogP contribution in [0.4, 0.5) is 0 Å². The minimum Gasteiger partial charge on any atom is -0.329 e. The molecule has 1 saturated carbocycles. The Kier molecular flexibility index (Phi) is 5.44. The van der Waals surface area contributed by atoms with Crippen LogP contribution in [0.1, 0.15) is 66.9 Å². The standard InChI is InChI=1S/C22H30N4O3/c1-14-4-2-3-9-22(14,13-23)24-11-15-5-6-17-16(10-15)12-26(21(17)29)18-7-8-19(27)25-20(18)28/h5-6,10,14,18,24H,2-4,7-9,11-13,23H2,1H3,(H,25,27,28). The molecule has 1 aromatic carbocycles. The third-order valence-electron chi connectivity index (χ3n) is 7.05. The van der Waals surface area contributed by atoms with Gasteiger partial charge in [0, 0.05) is 37.2 Å². The van der Waals surface area contributed by atoms with Crippen LogP contribution in [0.5, 0.6) is 0 Å². The van der Waals surface area contributed by atoms with E-state index < -0.39 is 6.04 Å². The zero-order chi connectivity index (χ0) is 20.6. The Labute approximate surface area is 171 Å². The summed E-state index contributed by atoms with van der Waals surface area (Å²) in [5.41, 5.74) is 8.84. The summed E-state index contributed by atoms with van der Waals surface area (Å²) in [6.45, 7) is 4.02. The summed E-state index contributed by atoms with van der Waals surface area (Å²) in [6, 6.07) is 5.33. The number of nitrogens with one attached hydrogen (secondary N) is 2. The number of amides is 3. The molecule has 0 spiro atoms. The average molecular weight is 399 g/mol. The van der Waals surface area contributed by atoms with Crippen LogP contribution in [0.25, 0.3) is 0 Å². The van der Waals surface area contributed by atoms with Crippen molar-refractivity contribution in [3.63, 3.8) is 0 Å². The van der Waals surface area contributed by atoms with Crippen LogP contribution in [0.15, 0.2) is 18.2 Å². The van der Waals surface area contributed by atoms with Crippen LogP contribution in [0.3, 0.4) is 0 Å². The van der Waals surface area contributed by atoms with Gasteiger partial charge in [0.05, 0.1) is 0 Å². The summed E-state index contributed by atoms with van der Waals surface area (Å²) in [5.74, 6) is -0.233. The fourth-order valence-electron chi connectivity index (χ4n) is 5.07. The van der Waals surface area contributed by atoms with Crippen molar-refractivity contribution < 1.29 is 14.4 Å². The van der Waals surface area contributed by atoms with Crippen LogP contribution in [0.2, 0.25) is 0 Å². The Bertz CT molecular complexity index is 839. The molecule has 3 aliphatic rings. The first-order chi connectivity index (χ1) is 13.9. The molecule has 3 unspecified atom stereocenters. The van der Waals surface area contributed by atoms with Gasteiger partial charge in [-0.2, -0.15) is 0 Å². The van der Waals surface area contributed by atoms with Gasteiger partial charge in [-0.05, 0) is 42.4 Å². The van der Waals surface area contributed by atoms with Gasteiger partial charge >= 0.3 is 0 Å². The number of imide groups is 1. The van der Waals surface area contributed by atoms with Gasteiger partial charge in [-0.1, -0.05) is 31.9 Å². The number of fused-ring (bicyclic) bond motifs is 1. The van der Waals surface area contributed by atoms with E-state index in [-0.39, 0.29) is 29.7 Å². The first kappa shape index (κ1) is 20.0. The normalized spacial score (nSPS) is 29.7. The van der Waals surface area contributed by atoms with Gasteiger partial charge in [-0.25, -0.2) is 0 Å². The third-order valence-corrected chi connectivity index (χ3v) is 7.05. The van der Waals surface area contributed by atoms with Gasteiger partial charge < -0.3 is 16.0 Å². The molecular weight excluding hydrogens is 368 g/mol. The Balaban J connectivity index is 1.46. The minimum absolute atomic E-state index is 0.0220. The molecule has 0 aromatic heterocycles. The molecule has 1 aromatic rings. The SMILES string of the molecule is CC1CCCCC1(CN)NCc1ccc2c(c1)CN(C1CCC(=O)NC1=O)C2=O. The molecule has 4 N–H and O–H groups in total. The summed E-state index contributed by atoms with van der Waals surface area (Å²) in [5, 5.41) is 6.06. The minimum atomic E-state index is -0.572. The lowest BCUT2D eigenvalue weighted by molar-refractivity contribution is -0.136. The molecule has 3 atom stereocenters. The summed E-state index contributed by atoms with van der Waals surface area (Å²) >= 11 is 0. The van der Waals surface area contributed by atoms with Crippen LogP contribution >= 0.6 is 0 Å². The van der Waals surface area contributed by atoms with Crippen molar-refractivity contribution >= 4 is 17.7 Å². The number of carbonyl (C=O) groups is 3. The van der Waals surface area contributed by atoms with Crippen LogP contribution < -0.4 is 16.4 Å². The summed E-state index contributed by atoms with van der Waals surface area (Å²) in [6.07, 6.45) is 5.41.